The van der Waals surface area contributed by atoms with Crippen LogP contribution in [0.4, 0.5) is 11.4 Å². The molecule has 0 N–H and O–H groups in total. The number of oxazole rings is 2. The first kappa shape index (κ1) is 30.1. The minimum atomic E-state index is -0.566. The van der Waals surface area contributed by atoms with Crippen LogP contribution in [0.3, 0.4) is 0 Å². The molecular formula is C34H34N4O6. The highest BCUT2D eigenvalue weighted by Crippen LogP contribution is 2.34. The summed E-state index contributed by atoms with van der Waals surface area (Å²) in [5, 5.41) is 0. The van der Waals surface area contributed by atoms with E-state index in [1.807, 2.05) is 86.5 Å². The van der Waals surface area contributed by atoms with Crippen molar-refractivity contribution in [2.75, 3.05) is 51.2 Å². The van der Waals surface area contributed by atoms with Crippen molar-refractivity contribution in [1.82, 2.24) is 9.97 Å². The van der Waals surface area contributed by atoms with Gasteiger partial charge >= 0.3 is 11.9 Å². The van der Waals surface area contributed by atoms with Gasteiger partial charge in [-0.3, -0.25) is 0 Å². The van der Waals surface area contributed by atoms with Gasteiger partial charge in [0, 0.05) is 61.8 Å². The van der Waals surface area contributed by atoms with Crippen LogP contribution in [0.15, 0.2) is 81.6 Å². The molecule has 0 saturated heterocycles. The summed E-state index contributed by atoms with van der Waals surface area (Å²) in [6.07, 6.45) is 0. The van der Waals surface area contributed by atoms with Gasteiger partial charge in [0.2, 0.25) is 11.8 Å². The van der Waals surface area contributed by atoms with E-state index in [0.717, 1.165) is 11.4 Å². The number of hydrogen-bond acceptors (Lipinski definition) is 10. The molecule has 0 bridgehead atoms. The molecule has 0 saturated carbocycles. The number of benzene rings is 3. The molecule has 5 rings (SSSR count). The second kappa shape index (κ2) is 12.9. The van der Waals surface area contributed by atoms with Gasteiger partial charge in [-0.05, 0) is 86.6 Å². The SMILES string of the molecule is CCOC(=O)c1nc(-c2ccc(-c3nc(C(=O)OCC)c(-c4ccc(N(C)C)cc4)o3)cc2)oc1-c1ccc(N(C)C)cc1. The molecular weight excluding hydrogens is 560 g/mol. The average molecular weight is 595 g/mol. The third kappa shape index (κ3) is 6.19. The Balaban J connectivity index is 1.49. The molecule has 0 radical (unpaired) electrons. The smallest absolute Gasteiger partial charge is 0.361 e. The normalized spacial score (nSPS) is 10.9. The molecule has 5 aromatic rings. The van der Waals surface area contributed by atoms with E-state index >= 15 is 0 Å². The maximum absolute atomic E-state index is 12.8. The van der Waals surface area contributed by atoms with Crippen molar-refractivity contribution in [3.05, 3.63) is 84.2 Å². The quantitative estimate of drug-likeness (QED) is 0.160. The molecule has 2 aromatic heterocycles. The molecule has 3 aromatic carbocycles. The molecule has 10 nitrogen and oxygen atoms in total. The van der Waals surface area contributed by atoms with Crippen LogP contribution in [0.5, 0.6) is 0 Å². The second-order valence-corrected chi connectivity index (χ2v) is 10.3. The number of rotatable bonds is 10. The zero-order chi connectivity index (χ0) is 31.4. The Bertz CT molecular complexity index is 1620. The number of carbonyl (C=O) groups is 2. The average Bonchev–Trinajstić information content (AvgIpc) is 3.68. The summed E-state index contributed by atoms with van der Waals surface area (Å²) in [4.78, 5) is 38.5. The predicted octanol–water partition coefficient (Wildman–Crippen LogP) is 6.82. The van der Waals surface area contributed by atoms with Crippen molar-refractivity contribution in [3.8, 4) is 45.6 Å². The van der Waals surface area contributed by atoms with Gasteiger partial charge in [0.15, 0.2) is 22.9 Å². The fourth-order valence-electron chi connectivity index (χ4n) is 4.53. The number of hydrogen-bond donors (Lipinski definition) is 0. The fourth-order valence-corrected chi connectivity index (χ4v) is 4.53. The zero-order valence-corrected chi connectivity index (χ0v) is 25.6. The monoisotopic (exact) mass is 594 g/mol. The van der Waals surface area contributed by atoms with Crippen molar-refractivity contribution in [3.63, 3.8) is 0 Å². The fraction of sp³-hybridized carbons (Fsp3) is 0.235. The summed E-state index contributed by atoms with van der Waals surface area (Å²) in [5.41, 5.74) is 4.87. The first-order chi connectivity index (χ1) is 21.2. The van der Waals surface area contributed by atoms with E-state index in [2.05, 4.69) is 9.97 Å². The van der Waals surface area contributed by atoms with Gasteiger partial charge in [0.25, 0.3) is 0 Å². The summed E-state index contributed by atoms with van der Waals surface area (Å²) >= 11 is 0. The first-order valence-electron chi connectivity index (χ1n) is 14.2. The molecule has 0 aliphatic heterocycles. The van der Waals surface area contributed by atoms with Crippen molar-refractivity contribution < 1.29 is 27.9 Å². The maximum atomic E-state index is 12.8. The van der Waals surface area contributed by atoms with Crippen LogP contribution in [0.1, 0.15) is 34.8 Å². The summed E-state index contributed by atoms with van der Waals surface area (Å²) in [5.74, 6) is 0.0284. The van der Waals surface area contributed by atoms with E-state index in [4.69, 9.17) is 18.3 Å². The lowest BCUT2D eigenvalue weighted by molar-refractivity contribution is 0.0511. The van der Waals surface area contributed by atoms with Gasteiger partial charge in [0.1, 0.15) is 0 Å². The lowest BCUT2D eigenvalue weighted by Crippen LogP contribution is -2.08. The molecule has 0 amide bonds. The predicted molar refractivity (Wildman–Crippen MR) is 169 cm³/mol. The molecule has 0 aliphatic carbocycles. The number of carbonyl (C=O) groups excluding carboxylic acids is 2. The minimum absolute atomic E-state index is 0.0974. The second-order valence-electron chi connectivity index (χ2n) is 10.3. The molecule has 0 spiro atoms. The topological polar surface area (TPSA) is 111 Å². The highest BCUT2D eigenvalue weighted by molar-refractivity contribution is 5.95. The molecule has 0 atom stereocenters. The lowest BCUT2D eigenvalue weighted by atomic mass is 10.1. The van der Waals surface area contributed by atoms with E-state index in [9.17, 15) is 9.59 Å². The summed E-state index contributed by atoms with van der Waals surface area (Å²) < 4.78 is 22.8. The van der Waals surface area contributed by atoms with Crippen molar-refractivity contribution >= 4 is 23.3 Å². The molecule has 0 aliphatic rings. The summed E-state index contributed by atoms with van der Waals surface area (Å²) in [7, 11) is 7.81. The van der Waals surface area contributed by atoms with E-state index in [1.54, 1.807) is 38.1 Å². The zero-order valence-electron chi connectivity index (χ0n) is 25.6. The maximum Gasteiger partial charge on any atom is 0.361 e. The van der Waals surface area contributed by atoms with Crippen LogP contribution in [0.25, 0.3) is 45.6 Å². The molecule has 0 fully saturated rings. The van der Waals surface area contributed by atoms with Gasteiger partial charge in [-0.15, -0.1) is 0 Å². The van der Waals surface area contributed by atoms with Crippen LogP contribution in [-0.4, -0.2) is 63.3 Å². The van der Waals surface area contributed by atoms with E-state index < -0.39 is 11.9 Å². The third-order valence-electron chi connectivity index (χ3n) is 6.86. The number of nitrogens with zero attached hydrogens (tertiary/aromatic N) is 4. The first-order valence-corrected chi connectivity index (χ1v) is 14.2. The number of aromatic nitrogens is 2. The third-order valence-corrected chi connectivity index (χ3v) is 6.86. The molecule has 0 unspecified atom stereocenters. The summed E-state index contributed by atoms with van der Waals surface area (Å²) in [6.45, 7) is 3.90. The van der Waals surface area contributed by atoms with Gasteiger partial charge in [-0.25, -0.2) is 19.6 Å². The van der Waals surface area contributed by atoms with Crippen molar-refractivity contribution in [1.29, 1.82) is 0 Å². The number of ether oxygens (including phenoxy) is 2. The van der Waals surface area contributed by atoms with Crippen LogP contribution in [0.2, 0.25) is 0 Å². The Hall–Kier alpha value is -5.38. The Morgan fingerprint density at radius 3 is 1.18 bits per heavy atom. The number of anilines is 2. The lowest BCUT2D eigenvalue weighted by Gasteiger charge is -2.12. The Morgan fingerprint density at radius 1 is 0.568 bits per heavy atom. The van der Waals surface area contributed by atoms with Crippen molar-refractivity contribution in [2.24, 2.45) is 0 Å². The van der Waals surface area contributed by atoms with E-state index in [1.165, 1.54) is 0 Å². The largest absolute Gasteiger partial charge is 0.461 e. The van der Waals surface area contributed by atoms with Crippen molar-refractivity contribution in [2.45, 2.75) is 13.8 Å². The highest BCUT2D eigenvalue weighted by Gasteiger charge is 2.25. The highest BCUT2D eigenvalue weighted by atomic mass is 16.5. The van der Waals surface area contributed by atoms with E-state index in [-0.39, 0.29) is 36.4 Å². The summed E-state index contributed by atoms with van der Waals surface area (Å²) in [6, 6.07) is 22.4. The molecule has 44 heavy (non-hydrogen) atoms. The molecule has 10 heteroatoms. The van der Waals surface area contributed by atoms with Crippen LogP contribution in [0, 0.1) is 0 Å². The van der Waals surface area contributed by atoms with Crippen LogP contribution < -0.4 is 9.80 Å². The molecule has 2 heterocycles. The Morgan fingerprint density at radius 2 is 0.886 bits per heavy atom. The Kier molecular flexibility index (Phi) is 8.80. The minimum Gasteiger partial charge on any atom is -0.461 e. The van der Waals surface area contributed by atoms with Gasteiger partial charge in [-0.2, -0.15) is 0 Å². The standard InChI is InChI=1S/C34H34N4O6/c1-7-41-33(39)27-29(21-13-17-25(18-14-21)37(3)4)43-31(35-27)23-9-11-24(12-10-23)32-36-28(34(40)42-8-2)30(44-32)22-15-19-26(20-16-22)38(5)6/h9-20H,7-8H2,1-6H3. The Labute approximate surface area is 255 Å². The van der Waals surface area contributed by atoms with Gasteiger partial charge < -0.3 is 28.1 Å². The van der Waals surface area contributed by atoms with Crippen LogP contribution in [-0.2, 0) is 9.47 Å². The molecule has 226 valence electrons. The number of esters is 2. The van der Waals surface area contributed by atoms with Crippen LogP contribution >= 0.6 is 0 Å². The van der Waals surface area contributed by atoms with E-state index in [0.29, 0.717) is 33.8 Å². The van der Waals surface area contributed by atoms with Gasteiger partial charge in [0.05, 0.1) is 13.2 Å². The van der Waals surface area contributed by atoms with Gasteiger partial charge in [-0.1, -0.05) is 0 Å².